The largest absolute Gasteiger partial charge is 0.497 e. The van der Waals surface area contributed by atoms with E-state index in [4.69, 9.17) is 9.47 Å². The monoisotopic (exact) mass is 345 g/mol. The van der Waals surface area contributed by atoms with Gasteiger partial charge in [0, 0.05) is 11.5 Å². The third-order valence-electron chi connectivity index (χ3n) is 3.78. The smallest absolute Gasteiger partial charge is 0.271 e. The minimum atomic E-state index is -3.76. The lowest BCUT2D eigenvalue weighted by molar-refractivity contribution is 0.325. The molecule has 0 fully saturated rings. The Kier molecular flexibility index (Phi) is 4.24. The first kappa shape index (κ1) is 16.4. The van der Waals surface area contributed by atoms with Crippen molar-refractivity contribution in [3.05, 3.63) is 54.1 Å². The second-order valence-corrected chi connectivity index (χ2v) is 7.21. The highest BCUT2D eigenvalue weighted by molar-refractivity contribution is 7.90. The molecule has 3 rings (SSSR count). The average molecular weight is 345 g/mol. The predicted molar refractivity (Wildman–Crippen MR) is 93.4 cm³/mol. The van der Waals surface area contributed by atoms with E-state index in [9.17, 15) is 8.42 Å². The zero-order chi connectivity index (χ0) is 17.3. The van der Waals surface area contributed by atoms with Crippen molar-refractivity contribution in [3.63, 3.8) is 0 Å². The number of benzene rings is 2. The van der Waals surface area contributed by atoms with Crippen molar-refractivity contribution in [3.8, 4) is 11.6 Å². The number of aryl methyl sites for hydroxylation is 1. The first-order chi connectivity index (χ1) is 11.5. The number of ether oxygens (including phenoxy) is 2. The summed E-state index contributed by atoms with van der Waals surface area (Å²) in [4.78, 5) is 0.224. The normalized spacial score (nSPS) is 11.6. The zero-order valence-electron chi connectivity index (χ0n) is 13.8. The molecule has 0 saturated heterocycles. The summed E-state index contributed by atoms with van der Waals surface area (Å²) in [5, 5.41) is 0.744. The SMILES string of the molecule is CCOc1cc2cc(OC)ccc2n1S(=O)(=O)c1ccc(C)cc1. The van der Waals surface area contributed by atoms with E-state index in [1.807, 2.05) is 13.8 Å². The number of methoxy groups -OCH3 is 1. The molecule has 3 aromatic rings. The molecular formula is C18H19NO4S. The van der Waals surface area contributed by atoms with Gasteiger partial charge in [-0.05, 0) is 44.2 Å². The molecule has 5 nitrogen and oxygen atoms in total. The van der Waals surface area contributed by atoms with Gasteiger partial charge in [-0.3, -0.25) is 0 Å². The molecule has 24 heavy (non-hydrogen) atoms. The van der Waals surface area contributed by atoms with Gasteiger partial charge in [-0.15, -0.1) is 0 Å². The Bertz CT molecular complexity index is 972. The van der Waals surface area contributed by atoms with Crippen molar-refractivity contribution in [1.29, 1.82) is 0 Å². The van der Waals surface area contributed by atoms with Crippen LogP contribution in [0, 0.1) is 6.92 Å². The maximum absolute atomic E-state index is 13.1. The molecule has 0 atom stereocenters. The molecule has 0 aliphatic heterocycles. The van der Waals surface area contributed by atoms with Crippen molar-refractivity contribution < 1.29 is 17.9 Å². The fraction of sp³-hybridized carbons (Fsp3) is 0.222. The lowest BCUT2D eigenvalue weighted by Crippen LogP contribution is -2.14. The van der Waals surface area contributed by atoms with Gasteiger partial charge in [-0.25, -0.2) is 12.4 Å². The van der Waals surface area contributed by atoms with Crippen LogP contribution in [0.2, 0.25) is 0 Å². The Morgan fingerprint density at radius 3 is 2.38 bits per heavy atom. The molecule has 0 aliphatic carbocycles. The summed E-state index contributed by atoms with van der Waals surface area (Å²) in [5.74, 6) is 0.955. The summed E-state index contributed by atoms with van der Waals surface area (Å²) < 4.78 is 38.3. The van der Waals surface area contributed by atoms with Crippen LogP contribution < -0.4 is 9.47 Å². The van der Waals surface area contributed by atoms with Crippen molar-refractivity contribution in [2.75, 3.05) is 13.7 Å². The summed E-state index contributed by atoms with van der Waals surface area (Å²) in [7, 11) is -2.19. The molecular weight excluding hydrogens is 326 g/mol. The van der Waals surface area contributed by atoms with Crippen LogP contribution in [-0.4, -0.2) is 26.1 Å². The maximum atomic E-state index is 13.1. The predicted octanol–water partition coefficient (Wildman–Crippen LogP) is 3.59. The van der Waals surface area contributed by atoms with Gasteiger partial charge in [0.2, 0.25) is 5.88 Å². The standard InChI is InChI=1S/C18H19NO4S/c1-4-23-18-12-14-11-15(22-3)7-10-17(14)19(18)24(20,21)16-8-5-13(2)6-9-16/h5-12H,4H2,1-3H3. The Hall–Kier alpha value is -2.47. The molecule has 1 aromatic heterocycles. The average Bonchev–Trinajstić information content (AvgIpc) is 2.93. The maximum Gasteiger partial charge on any atom is 0.271 e. The quantitative estimate of drug-likeness (QED) is 0.709. The van der Waals surface area contributed by atoms with Crippen molar-refractivity contribution >= 4 is 20.9 Å². The first-order valence-corrected chi connectivity index (χ1v) is 9.06. The fourth-order valence-electron chi connectivity index (χ4n) is 2.58. The number of rotatable bonds is 5. The van der Waals surface area contributed by atoms with E-state index in [2.05, 4.69) is 0 Å². The topological polar surface area (TPSA) is 57.5 Å². The van der Waals surface area contributed by atoms with E-state index in [0.29, 0.717) is 23.8 Å². The van der Waals surface area contributed by atoms with E-state index >= 15 is 0 Å². The lowest BCUT2D eigenvalue weighted by atomic mass is 10.2. The summed E-state index contributed by atoms with van der Waals surface area (Å²) in [6, 6.07) is 13.7. The van der Waals surface area contributed by atoms with Crippen LogP contribution >= 0.6 is 0 Å². The molecule has 126 valence electrons. The minimum absolute atomic E-state index is 0.224. The van der Waals surface area contributed by atoms with E-state index in [-0.39, 0.29) is 4.90 Å². The molecule has 0 aliphatic rings. The Morgan fingerprint density at radius 2 is 1.75 bits per heavy atom. The Balaban J connectivity index is 2.26. The van der Waals surface area contributed by atoms with Gasteiger partial charge in [-0.2, -0.15) is 0 Å². The molecule has 2 aromatic carbocycles. The first-order valence-electron chi connectivity index (χ1n) is 7.62. The molecule has 0 saturated carbocycles. The van der Waals surface area contributed by atoms with E-state index in [1.165, 1.54) is 3.97 Å². The molecule has 0 N–H and O–H groups in total. The van der Waals surface area contributed by atoms with E-state index in [1.54, 1.807) is 55.6 Å². The molecule has 0 radical (unpaired) electrons. The summed E-state index contributed by atoms with van der Waals surface area (Å²) in [6.07, 6.45) is 0. The van der Waals surface area contributed by atoms with Crippen molar-refractivity contribution in [2.24, 2.45) is 0 Å². The van der Waals surface area contributed by atoms with Crippen LogP contribution in [0.1, 0.15) is 12.5 Å². The van der Waals surface area contributed by atoms with Crippen LogP contribution in [0.3, 0.4) is 0 Å². The van der Waals surface area contributed by atoms with Gasteiger partial charge in [0.1, 0.15) is 5.75 Å². The van der Waals surface area contributed by atoms with E-state index < -0.39 is 10.0 Å². The number of hydrogen-bond acceptors (Lipinski definition) is 4. The third kappa shape index (κ3) is 2.73. The van der Waals surface area contributed by atoms with Crippen LogP contribution in [0.5, 0.6) is 11.6 Å². The number of hydrogen-bond donors (Lipinski definition) is 0. The number of fused-ring (bicyclic) bond motifs is 1. The van der Waals surface area contributed by atoms with Crippen molar-refractivity contribution in [2.45, 2.75) is 18.7 Å². The molecule has 0 bridgehead atoms. The molecule has 0 spiro atoms. The van der Waals surface area contributed by atoms with Crippen LogP contribution in [-0.2, 0) is 10.0 Å². The number of nitrogens with zero attached hydrogens (tertiary/aromatic N) is 1. The van der Waals surface area contributed by atoms with E-state index in [0.717, 1.165) is 10.9 Å². The van der Waals surface area contributed by atoms with Gasteiger partial charge in [0.15, 0.2) is 0 Å². The van der Waals surface area contributed by atoms with Crippen LogP contribution in [0.4, 0.5) is 0 Å². The van der Waals surface area contributed by atoms with Gasteiger partial charge < -0.3 is 9.47 Å². The lowest BCUT2D eigenvalue weighted by Gasteiger charge is -2.12. The highest BCUT2D eigenvalue weighted by Crippen LogP contribution is 2.32. The van der Waals surface area contributed by atoms with Gasteiger partial charge in [-0.1, -0.05) is 17.7 Å². The summed E-state index contributed by atoms with van der Waals surface area (Å²) >= 11 is 0. The second kappa shape index (κ2) is 6.20. The minimum Gasteiger partial charge on any atom is -0.497 e. The van der Waals surface area contributed by atoms with Crippen molar-refractivity contribution in [1.82, 2.24) is 3.97 Å². The van der Waals surface area contributed by atoms with Crippen LogP contribution in [0.15, 0.2) is 53.4 Å². The summed E-state index contributed by atoms with van der Waals surface area (Å²) in [6.45, 7) is 4.11. The third-order valence-corrected chi connectivity index (χ3v) is 5.51. The highest BCUT2D eigenvalue weighted by Gasteiger charge is 2.24. The Morgan fingerprint density at radius 1 is 1.04 bits per heavy atom. The Labute approximate surface area is 141 Å². The van der Waals surface area contributed by atoms with Gasteiger partial charge in [0.25, 0.3) is 10.0 Å². The molecule has 6 heteroatoms. The van der Waals surface area contributed by atoms with Crippen LogP contribution in [0.25, 0.3) is 10.9 Å². The molecule has 0 unspecified atom stereocenters. The fourth-order valence-corrected chi connectivity index (χ4v) is 4.04. The summed E-state index contributed by atoms with van der Waals surface area (Å²) in [5.41, 5.74) is 1.56. The van der Waals surface area contributed by atoms with Gasteiger partial charge in [0.05, 0.1) is 24.1 Å². The molecule has 0 amide bonds. The second-order valence-electron chi connectivity index (χ2n) is 5.42. The number of aromatic nitrogens is 1. The van der Waals surface area contributed by atoms with Gasteiger partial charge >= 0.3 is 0 Å². The highest BCUT2D eigenvalue weighted by atomic mass is 32.2. The zero-order valence-corrected chi connectivity index (χ0v) is 14.6. The molecule has 1 heterocycles.